The van der Waals surface area contributed by atoms with E-state index in [2.05, 4.69) is 57.1 Å². The summed E-state index contributed by atoms with van der Waals surface area (Å²) >= 11 is 0. The molecule has 6 nitrogen and oxygen atoms in total. The van der Waals surface area contributed by atoms with Crippen molar-refractivity contribution in [1.29, 1.82) is 0 Å². The van der Waals surface area contributed by atoms with Crippen molar-refractivity contribution in [3.05, 3.63) is 0 Å². The molecule has 0 aliphatic carbocycles. The molecule has 2 N–H and O–H groups in total. The normalized spacial score (nSPS) is 22.4. The number of ether oxygens (including phenoxy) is 2. The molecule has 0 aromatic heterocycles. The van der Waals surface area contributed by atoms with Crippen molar-refractivity contribution in [2.24, 2.45) is 10.9 Å². The number of morpholine rings is 1. The molecule has 1 fully saturated rings. The van der Waals surface area contributed by atoms with Gasteiger partial charge < -0.3 is 20.1 Å². The van der Waals surface area contributed by atoms with Gasteiger partial charge in [0.25, 0.3) is 0 Å². The van der Waals surface area contributed by atoms with Crippen LogP contribution in [0.15, 0.2) is 4.99 Å². The quantitative estimate of drug-likeness (QED) is 0.199. The van der Waals surface area contributed by atoms with E-state index >= 15 is 0 Å². The van der Waals surface area contributed by atoms with Crippen LogP contribution in [-0.4, -0.2) is 75.0 Å². The number of halogens is 1. The highest BCUT2D eigenvalue weighted by molar-refractivity contribution is 14.0. The Morgan fingerprint density at radius 3 is 2.41 bits per heavy atom. The van der Waals surface area contributed by atoms with Gasteiger partial charge in [0.1, 0.15) is 0 Å². The van der Waals surface area contributed by atoms with Gasteiger partial charge in [-0.1, -0.05) is 13.8 Å². The minimum absolute atomic E-state index is 0. The van der Waals surface area contributed by atoms with Crippen molar-refractivity contribution >= 4 is 29.9 Å². The SMILES string of the molecule is CCNC(=NCCCN1CC(C)OC(C)C1)NCCC(OCC)C(C)C.I. The highest BCUT2D eigenvalue weighted by Gasteiger charge is 2.21. The molecule has 0 radical (unpaired) electrons. The Morgan fingerprint density at radius 2 is 1.85 bits per heavy atom. The number of nitrogens with zero attached hydrogens (tertiary/aromatic N) is 2. The first-order chi connectivity index (χ1) is 12.5. The summed E-state index contributed by atoms with van der Waals surface area (Å²) in [5, 5.41) is 6.78. The lowest BCUT2D eigenvalue weighted by atomic mass is 10.0. The van der Waals surface area contributed by atoms with E-state index in [0.29, 0.717) is 24.2 Å². The van der Waals surface area contributed by atoms with E-state index in [1.54, 1.807) is 0 Å². The summed E-state index contributed by atoms with van der Waals surface area (Å²) in [6.07, 6.45) is 3.05. The summed E-state index contributed by atoms with van der Waals surface area (Å²) in [4.78, 5) is 7.21. The van der Waals surface area contributed by atoms with E-state index < -0.39 is 0 Å². The average molecular weight is 498 g/mol. The van der Waals surface area contributed by atoms with Crippen molar-refractivity contribution in [3.63, 3.8) is 0 Å². The van der Waals surface area contributed by atoms with Crippen LogP contribution in [0.4, 0.5) is 0 Å². The molecular formula is C20H43IN4O2. The molecule has 0 bridgehead atoms. The van der Waals surface area contributed by atoms with Crippen LogP contribution in [0, 0.1) is 5.92 Å². The van der Waals surface area contributed by atoms with Crippen LogP contribution in [0.25, 0.3) is 0 Å². The Bertz CT molecular complexity index is 386. The molecule has 27 heavy (non-hydrogen) atoms. The van der Waals surface area contributed by atoms with Gasteiger partial charge in [-0.15, -0.1) is 24.0 Å². The smallest absolute Gasteiger partial charge is 0.191 e. The van der Waals surface area contributed by atoms with Crippen molar-refractivity contribution in [3.8, 4) is 0 Å². The molecule has 3 unspecified atom stereocenters. The lowest BCUT2D eigenvalue weighted by Gasteiger charge is -2.35. The number of hydrogen-bond acceptors (Lipinski definition) is 4. The van der Waals surface area contributed by atoms with E-state index in [9.17, 15) is 0 Å². The predicted octanol–water partition coefficient (Wildman–Crippen LogP) is 3.11. The van der Waals surface area contributed by atoms with Crippen molar-refractivity contribution in [1.82, 2.24) is 15.5 Å². The lowest BCUT2D eigenvalue weighted by molar-refractivity contribution is -0.0679. The Labute approximate surface area is 184 Å². The molecule has 3 atom stereocenters. The van der Waals surface area contributed by atoms with E-state index in [0.717, 1.165) is 64.7 Å². The molecule has 162 valence electrons. The molecule has 0 saturated carbocycles. The van der Waals surface area contributed by atoms with E-state index in [-0.39, 0.29) is 24.0 Å². The summed E-state index contributed by atoms with van der Waals surface area (Å²) in [5.41, 5.74) is 0. The molecule has 1 aliphatic heterocycles. The fourth-order valence-corrected chi connectivity index (χ4v) is 3.45. The Morgan fingerprint density at radius 1 is 1.19 bits per heavy atom. The molecule has 1 rings (SSSR count). The topological polar surface area (TPSA) is 58.1 Å². The van der Waals surface area contributed by atoms with E-state index in [1.165, 1.54) is 0 Å². The maximum Gasteiger partial charge on any atom is 0.191 e. The zero-order valence-electron chi connectivity index (χ0n) is 18.3. The molecule has 1 saturated heterocycles. The van der Waals surface area contributed by atoms with E-state index in [1.807, 2.05) is 0 Å². The average Bonchev–Trinajstić information content (AvgIpc) is 2.56. The second-order valence-electron chi connectivity index (χ2n) is 7.58. The highest BCUT2D eigenvalue weighted by atomic mass is 127. The monoisotopic (exact) mass is 498 g/mol. The van der Waals surface area contributed by atoms with Gasteiger partial charge in [0.15, 0.2) is 5.96 Å². The van der Waals surface area contributed by atoms with Crippen LogP contribution in [0.1, 0.15) is 54.4 Å². The molecule has 0 spiro atoms. The largest absolute Gasteiger partial charge is 0.378 e. The maximum absolute atomic E-state index is 5.81. The van der Waals surface area contributed by atoms with Crippen molar-refractivity contribution in [2.75, 3.05) is 45.9 Å². The van der Waals surface area contributed by atoms with E-state index in [4.69, 9.17) is 14.5 Å². The Balaban J connectivity index is 0.00000676. The molecule has 1 aliphatic rings. The van der Waals surface area contributed by atoms with Gasteiger partial charge in [-0.2, -0.15) is 0 Å². The van der Waals surface area contributed by atoms with Crippen molar-refractivity contribution in [2.45, 2.75) is 72.7 Å². The van der Waals surface area contributed by atoms with Crippen LogP contribution < -0.4 is 10.6 Å². The van der Waals surface area contributed by atoms with Gasteiger partial charge in [0.05, 0.1) is 18.3 Å². The van der Waals surface area contributed by atoms with Gasteiger partial charge in [-0.05, 0) is 46.5 Å². The number of rotatable bonds is 11. The Kier molecular flexibility index (Phi) is 15.7. The zero-order chi connectivity index (χ0) is 19.4. The maximum atomic E-state index is 5.81. The molecular weight excluding hydrogens is 455 g/mol. The van der Waals surface area contributed by atoms with Crippen LogP contribution in [0.2, 0.25) is 0 Å². The molecule has 0 amide bonds. The number of aliphatic imine (C=N–C) groups is 1. The van der Waals surface area contributed by atoms with Gasteiger partial charge in [0, 0.05) is 45.9 Å². The van der Waals surface area contributed by atoms with Crippen LogP contribution >= 0.6 is 24.0 Å². The van der Waals surface area contributed by atoms with Crippen LogP contribution in [-0.2, 0) is 9.47 Å². The van der Waals surface area contributed by atoms with Gasteiger partial charge in [-0.25, -0.2) is 0 Å². The van der Waals surface area contributed by atoms with Crippen LogP contribution in [0.3, 0.4) is 0 Å². The summed E-state index contributed by atoms with van der Waals surface area (Å²) in [6.45, 7) is 19.4. The lowest BCUT2D eigenvalue weighted by Crippen LogP contribution is -2.45. The van der Waals surface area contributed by atoms with Gasteiger partial charge in [0.2, 0.25) is 0 Å². The second kappa shape index (κ2) is 15.8. The number of nitrogens with one attached hydrogen (secondary N) is 2. The molecule has 0 aromatic carbocycles. The molecule has 7 heteroatoms. The fourth-order valence-electron chi connectivity index (χ4n) is 3.45. The first kappa shape index (κ1) is 26.9. The van der Waals surface area contributed by atoms with Crippen molar-refractivity contribution < 1.29 is 9.47 Å². The second-order valence-corrected chi connectivity index (χ2v) is 7.58. The van der Waals surface area contributed by atoms with Gasteiger partial charge in [-0.3, -0.25) is 9.89 Å². The summed E-state index contributed by atoms with van der Waals surface area (Å²) in [6, 6.07) is 0. The van der Waals surface area contributed by atoms with Gasteiger partial charge >= 0.3 is 0 Å². The Hall–Kier alpha value is -0.120. The zero-order valence-corrected chi connectivity index (χ0v) is 20.6. The highest BCUT2D eigenvalue weighted by Crippen LogP contribution is 2.11. The number of guanidine groups is 1. The third-order valence-corrected chi connectivity index (χ3v) is 4.59. The minimum atomic E-state index is 0. The summed E-state index contributed by atoms with van der Waals surface area (Å²) in [7, 11) is 0. The third-order valence-electron chi connectivity index (χ3n) is 4.59. The minimum Gasteiger partial charge on any atom is -0.378 e. The van der Waals surface area contributed by atoms with Crippen LogP contribution in [0.5, 0.6) is 0 Å². The molecule has 0 aromatic rings. The first-order valence-corrected chi connectivity index (χ1v) is 10.5. The third kappa shape index (κ3) is 12.1. The summed E-state index contributed by atoms with van der Waals surface area (Å²) < 4.78 is 11.6. The predicted molar refractivity (Wildman–Crippen MR) is 125 cm³/mol. The number of hydrogen-bond donors (Lipinski definition) is 2. The first-order valence-electron chi connectivity index (χ1n) is 10.5. The molecule has 1 heterocycles. The summed E-state index contributed by atoms with van der Waals surface area (Å²) in [5.74, 6) is 1.45. The fraction of sp³-hybridized carbons (Fsp3) is 0.950. The standard InChI is InChI=1S/C20H42N4O2.HI/c1-7-21-20(23-12-10-19(16(3)4)25-8-2)22-11-9-13-24-14-17(5)26-18(6)15-24;/h16-19H,7-15H2,1-6H3,(H2,21,22,23);1H.